The third-order valence-electron chi connectivity index (χ3n) is 1.25. The smallest absolute Gasteiger partial charge is 0.0684 e. The van der Waals surface area contributed by atoms with Gasteiger partial charge in [0.15, 0.2) is 0 Å². The lowest BCUT2D eigenvalue weighted by Crippen LogP contribution is -2.01. The normalized spacial score (nSPS) is 9.90. The van der Waals surface area contributed by atoms with Gasteiger partial charge in [0, 0.05) is 16.7 Å². The molecule has 1 heterocycles. The third-order valence-corrected chi connectivity index (χ3v) is 1.97. The summed E-state index contributed by atoms with van der Waals surface area (Å²) in [6.45, 7) is 2.44. The SMILES string of the molecule is Cc1ccc(Br)c(CN)n1. The van der Waals surface area contributed by atoms with E-state index in [4.69, 9.17) is 5.73 Å². The number of halogens is 1. The van der Waals surface area contributed by atoms with Gasteiger partial charge in [0.2, 0.25) is 0 Å². The highest BCUT2D eigenvalue weighted by Crippen LogP contribution is 2.13. The maximum absolute atomic E-state index is 5.43. The van der Waals surface area contributed by atoms with Gasteiger partial charge in [-0.3, -0.25) is 4.98 Å². The molecule has 0 spiro atoms. The van der Waals surface area contributed by atoms with Crippen LogP contribution in [-0.4, -0.2) is 4.98 Å². The first-order valence-electron chi connectivity index (χ1n) is 3.06. The van der Waals surface area contributed by atoms with Crippen LogP contribution in [0.1, 0.15) is 11.4 Å². The molecule has 3 heteroatoms. The van der Waals surface area contributed by atoms with Crippen molar-refractivity contribution in [3.05, 3.63) is 28.0 Å². The molecule has 0 aliphatic carbocycles. The van der Waals surface area contributed by atoms with E-state index in [-0.39, 0.29) is 0 Å². The molecule has 0 aliphatic rings. The van der Waals surface area contributed by atoms with Crippen LogP contribution in [0.2, 0.25) is 0 Å². The largest absolute Gasteiger partial charge is 0.325 e. The molecule has 0 radical (unpaired) electrons. The molecule has 2 N–H and O–H groups in total. The minimum atomic E-state index is 0.488. The monoisotopic (exact) mass is 200 g/mol. The van der Waals surface area contributed by atoms with E-state index in [2.05, 4.69) is 20.9 Å². The molecule has 0 atom stereocenters. The Balaban J connectivity index is 3.09. The first kappa shape index (κ1) is 7.69. The van der Waals surface area contributed by atoms with E-state index in [1.807, 2.05) is 19.1 Å². The summed E-state index contributed by atoms with van der Waals surface area (Å²) in [6, 6.07) is 3.91. The maximum atomic E-state index is 5.43. The van der Waals surface area contributed by atoms with E-state index in [0.717, 1.165) is 15.9 Å². The predicted octanol–water partition coefficient (Wildman–Crippen LogP) is 1.61. The zero-order valence-corrected chi connectivity index (χ0v) is 7.35. The fourth-order valence-corrected chi connectivity index (χ4v) is 1.12. The van der Waals surface area contributed by atoms with Crippen molar-refractivity contribution in [2.45, 2.75) is 13.5 Å². The highest BCUT2D eigenvalue weighted by atomic mass is 79.9. The highest BCUT2D eigenvalue weighted by molar-refractivity contribution is 9.10. The van der Waals surface area contributed by atoms with Crippen molar-refractivity contribution < 1.29 is 0 Å². The number of hydrogen-bond donors (Lipinski definition) is 1. The summed E-state index contributed by atoms with van der Waals surface area (Å²) < 4.78 is 0.987. The van der Waals surface area contributed by atoms with Crippen LogP contribution >= 0.6 is 15.9 Å². The Kier molecular flexibility index (Phi) is 2.40. The Labute approximate surface area is 68.6 Å². The first-order chi connectivity index (χ1) is 4.74. The van der Waals surface area contributed by atoms with Crippen LogP contribution < -0.4 is 5.73 Å². The van der Waals surface area contributed by atoms with E-state index < -0.39 is 0 Å². The van der Waals surface area contributed by atoms with Gasteiger partial charge in [-0.25, -0.2) is 0 Å². The molecule has 0 saturated carbocycles. The summed E-state index contributed by atoms with van der Waals surface area (Å²) in [5.74, 6) is 0. The number of aromatic nitrogens is 1. The number of rotatable bonds is 1. The molecular formula is C7H9BrN2. The van der Waals surface area contributed by atoms with Crippen molar-refractivity contribution >= 4 is 15.9 Å². The van der Waals surface area contributed by atoms with E-state index in [1.54, 1.807) is 0 Å². The third kappa shape index (κ3) is 1.55. The molecule has 0 aliphatic heterocycles. The number of aryl methyl sites for hydroxylation is 1. The molecule has 0 bridgehead atoms. The van der Waals surface area contributed by atoms with Crippen molar-refractivity contribution in [3.8, 4) is 0 Å². The van der Waals surface area contributed by atoms with Crippen LogP contribution in [-0.2, 0) is 6.54 Å². The summed E-state index contributed by atoms with van der Waals surface area (Å²) in [4.78, 5) is 4.22. The average molecular weight is 201 g/mol. The quantitative estimate of drug-likeness (QED) is 0.749. The van der Waals surface area contributed by atoms with E-state index in [9.17, 15) is 0 Å². The van der Waals surface area contributed by atoms with Gasteiger partial charge < -0.3 is 5.73 Å². The van der Waals surface area contributed by atoms with Crippen LogP contribution in [0.5, 0.6) is 0 Å². The molecule has 0 fully saturated rings. The van der Waals surface area contributed by atoms with Crippen molar-refractivity contribution in [1.29, 1.82) is 0 Å². The fourth-order valence-electron chi connectivity index (χ4n) is 0.737. The van der Waals surface area contributed by atoms with E-state index in [1.165, 1.54) is 0 Å². The first-order valence-corrected chi connectivity index (χ1v) is 3.85. The van der Waals surface area contributed by atoms with Gasteiger partial charge >= 0.3 is 0 Å². The fraction of sp³-hybridized carbons (Fsp3) is 0.286. The van der Waals surface area contributed by atoms with Crippen LogP contribution in [0.4, 0.5) is 0 Å². The Morgan fingerprint density at radius 2 is 2.30 bits per heavy atom. The summed E-state index contributed by atoms with van der Waals surface area (Å²) in [5, 5.41) is 0. The lowest BCUT2D eigenvalue weighted by Gasteiger charge is -1.99. The minimum absolute atomic E-state index is 0.488. The molecule has 10 heavy (non-hydrogen) atoms. The highest BCUT2D eigenvalue weighted by Gasteiger charge is 1.97. The van der Waals surface area contributed by atoms with Crippen LogP contribution in [0.3, 0.4) is 0 Å². The molecule has 0 saturated heterocycles. The number of nitrogens with two attached hydrogens (primary N) is 1. The van der Waals surface area contributed by atoms with Crippen molar-refractivity contribution in [3.63, 3.8) is 0 Å². The Hall–Kier alpha value is -0.410. The Morgan fingerprint density at radius 3 is 2.80 bits per heavy atom. The molecule has 1 rings (SSSR count). The molecule has 0 unspecified atom stereocenters. The molecule has 54 valence electrons. The molecule has 2 nitrogen and oxygen atoms in total. The lowest BCUT2D eigenvalue weighted by molar-refractivity contribution is 0.959. The van der Waals surface area contributed by atoms with Crippen LogP contribution in [0.25, 0.3) is 0 Å². The molecule has 0 aromatic carbocycles. The molecule has 1 aromatic rings. The Morgan fingerprint density at radius 1 is 1.60 bits per heavy atom. The minimum Gasteiger partial charge on any atom is -0.325 e. The lowest BCUT2D eigenvalue weighted by atomic mass is 10.3. The number of nitrogens with zero attached hydrogens (tertiary/aromatic N) is 1. The zero-order valence-electron chi connectivity index (χ0n) is 5.76. The predicted molar refractivity (Wildman–Crippen MR) is 44.6 cm³/mol. The average Bonchev–Trinajstić information content (AvgIpc) is 1.94. The van der Waals surface area contributed by atoms with Gasteiger partial charge in [-0.05, 0) is 35.0 Å². The molecular weight excluding hydrogens is 192 g/mol. The van der Waals surface area contributed by atoms with Crippen molar-refractivity contribution in [2.24, 2.45) is 5.73 Å². The Bertz CT molecular complexity index is 235. The second kappa shape index (κ2) is 3.12. The summed E-state index contributed by atoms with van der Waals surface area (Å²) in [5.41, 5.74) is 7.35. The summed E-state index contributed by atoms with van der Waals surface area (Å²) in [7, 11) is 0. The molecule has 0 amide bonds. The van der Waals surface area contributed by atoms with Crippen molar-refractivity contribution in [1.82, 2.24) is 4.98 Å². The zero-order chi connectivity index (χ0) is 7.56. The second-order valence-corrected chi connectivity index (χ2v) is 2.94. The number of hydrogen-bond acceptors (Lipinski definition) is 2. The topological polar surface area (TPSA) is 38.9 Å². The van der Waals surface area contributed by atoms with Gasteiger partial charge in [0.1, 0.15) is 0 Å². The van der Waals surface area contributed by atoms with Gasteiger partial charge in [0.05, 0.1) is 5.69 Å². The van der Waals surface area contributed by atoms with E-state index >= 15 is 0 Å². The van der Waals surface area contributed by atoms with E-state index in [0.29, 0.717) is 6.54 Å². The number of pyridine rings is 1. The summed E-state index contributed by atoms with van der Waals surface area (Å²) in [6.07, 6.45) is 0. The van der Waals surface area contributed by atoms with Crippen LogP contribution in [0.15, 0.2) is 16.6 Å². The standard InChI is InChI=1S/C7H9BrN2/c1-5-2-3-6(8)7(4-9)10-5/h2-3H,4,9H2,1H3. The van der Waals surface area contributed by atoms with Crippen molar-refractivity contribution in [2.75, 3.05) is 0 Å². The van der Waals surface area contributed by atoms with Crippen LogP contribution in [0, 0.1) is 6.92 Å². The van der Waals surface area contributed by atoms with Gasteiger partial charge in [-0.2, -0.15) is 0 Å². The van der Waals surface area contributed by atoms with Gasteiger partial charge in [0.25, 0.3) is 0 Å². The van der Waals surface area contributed by atoms with Gasteiger partial charge in [-0.15, -0.1) is 0 Å². The van der Waals surface area contributed by atoms with Gasteiger partial charge in [-0.1, -0.05) is 0 Å². The molecule has 1 aromatic heterocycles. The maximum Gasteiger partial charge on any atom is 0.0684 e. The second-order valence-electron chi connectivity index (χ2n) is 2.09. The summed E-state index contributed by atoms with van der Waals surface area (Å²) >= 11 is 3.35.